The molecular weight excluding hydrogens is 546 g/mol. The highest BCUT2D eigenvalue weighted by molar-refractivity contribution is 7.92. The third kappa shape index (κ3) is 7.59. The van der Waals surface area contributed by atoms with Gasteiger partial charge in [-0.1, -0.05) is 91.9 Å². The summed E-state index contributed by atoms with van der Waals surface area (Å²) >= 11 is 0. The number of hydrogen-bond acceptors (Lipinski definition) is 4. The van der Waals surface area contributed by atoms with E-state index >= 15 is 0 Å². The lowest BCUT2D eigenvalue weighted by Crippen LogP contribution is -2.54. The van der Waals surface area contributed by atoms with E-state index in [2.05, 4.69) is 5.32 Å². The van der Waals surface area contributed by atoms with Crippen LogP contribution in [-0.4, -0.2) is 43.8 Å². The molecule has 0 aromatic heterocycles. The van der Waals surface area contributed by atoms with Crippen molar-refractivity contribution >= 4 is 27.5 Å². The predicted octanol–water partition coefficient (Wildman–Crippen LogP) is 6.06. The minimum Gasteiger partial charge on any atom is -0.352 e. The Balaban J connectivity index is 1.71. The molecule has 1 unspecified atom stereocenters. The molecule has 4 rings (SSSR count). The van der Waals surface area contributed by atoms with Crippen molar-refractivity contribution in [2.45, 2.75) is 89.7 Å². The van der Waals surface area contributed by atoms with Crippen LogP contribution in [0.25, 0.3) is 0 Å². The molecule has 3 aromatic carbocycles. The summed E-state index contributed by atoms with van der Waals surface area (Å²) in [5, 5.41) is 3.19. The zero-order valence-corrected chi connectivity index (χ0v) is 26.0. The van der Waals surface area contributed by atoms with E-state index in [9.17, 15) is 18.0 Å². The standard InChI is InChI=1S/C34H43N3O4S/c1-5-31(34(39)35-29-15-7-6-8-16-29)36(23-28-14-11-12-26(3)22-28)33(38)24-37(32-17-10-9-13-27(32)4)42(40,41)30-20-18-25(2)19-21-30/h9-14,17-22,29,31H,5-8,15-16,23-24H2,1-4H3,(H,35,39). The van der Waals surface area contributed by atoms with Gasteiger partial charge < -0.3 is 10.2 Å². The SMILES string of the molecule is CCC(C(=O)NC1CCCCC1)N(Cc1cccc(C)c1)C(=O)CN(c1ccccc1C)S(=O)(=O)c1ccc(C)cc1. The maximum absolute atomic E-state index is 14.3. The van der Waals surface area contributed by atoms with Gasteiger partial charge in [-0.2, -0.15) is 0 Å². The minimum atomic E-state index is -4.09. The normalized spacial score (nSPS) is 14.7. The number of carbonyl (C=O) groups excluding carboxylic acids is 2. The number of nitrogens with one attached hydrogen (secondary N) is 1. The average molecular weight is 590 g/mol. The molecule has 1 saturated carbocycles. The van der Waals surface area contributed by atoms with E-state index in [0.29, 0.717) is 12.1 Å². The fraction of sp³-hybridized carbons (Fsp3) is 0.412. The maximum atomic E-state index is 14.3. The molecule has 2 amide bonds. The number of nitrogens with zero attached hydrogens (tertiary/aromatic N) is 2. The van der Waals surface area contributed by atoms with Gasteiger partial charge in [0.15, 0.2) is 0 Å². The second-order valence-corrected chi connectivity index (χ2v) is 13.3. The number of hydrogen-bond donors (Lipinski definition) is 1. The Kier molecular flexibility index (Phi) is 10.4. The number of aryl methyl sites for hydroxylation is 3. The number of carbonyl (C=O) groups is 2. The van der Waals surface area contributed by atoms with E-state index in [1.165, 1.54) is 10.7 Å². The van der Waals surface area contributed by atoms with Crippen molar-refractivity contribution in [1.29, 1.82) is 0 Å². The molecule has 0 aliphatic heterocycles. The van der Waals surface area contributed by atoms with Gasteiger partial charge in [0.1, 0.15) is 12.6 Å². The van der Waals surface area contributed by atoms with Crippen LogP contribution < -0.4 is 9.62 Å². The average Bonchev–Trinajstić information content (AvgIpc) is 2.97. The molecule has 224 valence electrons. The Bertz CT molecular complexity index is 1480. The molecule has 42 heavy (non-hydrogen) atoms. The summed E-state index contributed by atoms with van der Waals surface area (Å²) in [4.78, 5) is 29.6. The molecule has 0 saturated heterocycles. The van der Waals surface area contributed by atoms with Crippen molar-refractivity contribution in [2.75, 3.05) is 10.8 Å². The highest BCUT2D eigenvalue weighted by Gasteiger charge is 2.34. The Hall–Kier alpha value is -3.65. The van der Waals surface area contributed by atoms with Crippen molar-refractivity contribution < 1.29 is 18.0 Å². The summed E-state index contributed by atoms with van der Waals surface area (Å²) in [7, 11) is -4.09. The van der Waals surface area contributed by atoms with Gasteiger partial charge >= 0.3 is 0 Å². The molecule has 1 atom stereocenters. The first kappa shape index (κ1) is 31.3. The summed E-state index contributed by atoms with van der Waals surface area (Å²) in [5.74, 6) is -0.615. The summed E-state index contributed by atoms with van der Waals surface area (Å²) in [6.45, 7) is 7.36. The monoisotopic (exact) mass is 589 g/mol. The molecule has 0 bridgehead atoms. The van der Waals surface area contributed by atoms with Crippen LogP contribution >= 0.6 is 0 Å². The smallest absolute Gasteiger partial charge is 0.264 e. The fourth-order valence-electron chi connectivity index (χ4n) is 5.67. The van der Waals surface area contributed by atoms with E-state index in [1.54, 1.807) is 41.3 Å². The van der Waals surface area contributed by atoms with Crippen molar-refractivity contribution in [3.05, 3.63) is 95.1 Å². The van der Waals surface area contributed by atoms with Crippen LogP contribution in [0.1, 0.15) is 67.7 Å². The third-order valence-corrected chi connectivity index (χ3v) is 9.82. The van der Waals surface area contributed by atoms with Gasteiger partial charge in [-0.15, -0.1) is 0 Å². The second-order valence-electron chi connectivity index (χ2n) is 11.4. The number of sulfonamides is 1. The Morgan fingerprint density at radius 3 is 2.21 bits per heavy atom. The third-order valence-electron chi connectivity index (χ3n) is 8.04. The molecule has 0 spiro atoms. The first-order chi connectivity index (χ1) is 20.1. The van der Waals surface area contributed by atoms with E-state index in [-0.39, 0.29) is 23.4 Å². The molecular formula is C34H43N3O4S. The van der Waals surface area contributed by atoms with E-state index < -0.39 is 28.5 Å². The largest absolute Gasteiger partial charge is 0.352 e. The first-order valence-corrected chi connectivity index (χ1v) is 16.3. The first-order valence-electron chi connectivity index (χ1n) is 14.9. The van der Waals surface area contributed by atoms with Crippen LogP contribution in [0.15, 0.2) is 77.7 Å². The van der Waals surface area contributed by atoms with Crippen molar-refractivity contribution in [3.63, 3.8) is 0 Å². The molecule has 0 radical (unpaired) electrons. The van der Waals surface area contributed by atoms with Gasteiger partial charge in [-0.3, -0.25) is 13.9 Å². The zero-order valence-electron chi connectivity index (χ0n) is 25.2. The zero-order chi connectivity index (χ0) is 30.3. The van der Waals surface area contributed by atoms with Gasteiger partial charge in [0.2, 0.25) is 11.8 Å². The Morgan fingerprint density at radius 2 is 1.57 bits per heavy atom. The maximum Gasteiger partial charge on any atom is 0.264 e. The molecule has 1 aliphatic rings. The van der Waals surface area contributed by atoms with Gasteiger partial charge in [0.25, 0.3) is 10.0 Å². The summed E-state index contributed by atoms with van der Waals surface area (Å²) in [5.41, 5.74) is 4.03. The lowest BCUT2D eigenvalue weighted by molar-refractivity contribution is -0.140. The van der Waals surface area contributed by atoms with Crippen molar-refractivity contribution in [3.8, 4) is 0 Å². The summed E-state index contributed by atoms with van der Waals surface area (Å²) in [6.07, 6.45) is 5.61. The van der Waals surface area contributed by atoms with Crippen LogP contribution in [0.5, 0.6) is 0 Å². The number of benzene rings is 3. The van der Waals surface area contributed by atoms with Crippen LogP contribution in [0, 0.1) is 20.8 Å². The predicted molar refractivity (Wildman–Crippen MR) is 168 cm³/mol. The molecule has 3 aromatic rings. The second kappa shape index (κ2) is 14.0. The van der Waals surface area contributed by atoms with Gasteiger partial charge in [-0.25, -0.2) is 8.42 Å². The number of para-hydroxylation sites is 1. The van der Waals surface area contributed by atoms with E-state index in [4.69, 9.17) is 0 Å². The number of anilines is 1. The lowest BCUT2D eigenvalue weighted by Gasteiger charge is -2.34. The van der Waals surface area contributed by atoms with Crippen molar-refractivity contribution in [1.82, 2.24) is 10.2 Å². The molecule has 7 nitrogen and oxygen atoms in total. The topological polar surface area (TPSA) is 86.8 Å². The molecule has 0 heterocycles. The highest BCUT2D eigenvalue weighted by atomic mass is 32.2. The molecule has 1 aliphatic carbocycles. The fourth-order valence-corrected chi connectivity index (χ4v) is 7.14. The van der Waals surface area contributed by atoms with E-state index in [0.717, 1.165) is 47.9 Å². The minimum absolute atomic E-state index is 0.0987. The lowest BCUT2D eigenvalue weighted by atomic mass is 9.95. The van der Waals surface area contributed by atoms with Crippen LogP contribution in [0.2, 0.25) is 0 Å². The molecule has 1 N–H and O–H groups in total. The molecule has 1 fully saturated rings. The summed E-state index contributed by atoms with van der Waals surface area (Å²) < 4.78 is 29.3. The Morgan fingerprint density at radius 1 is 0.881 bits per heavy atom. The number of rotatable bonds is 11. The molecule has 8 heteroatoms. The van der Waals surface area contributed by atoms with Crippen LogP contribution in [-0.2, 0) is 26.2 Å². The van der Waals surface area contributed by atoms with Gasteiger partial charge in [0, 0.05) is 12.6 Å². The van der Waals surface area contributed by atoms with Crippen LogP contribution in [0.4, 0.5) is 5.69 Å². The van der Waals surface area contributed by atoms with Crippen LogP contribution in [0.3, 0.4) is 0 Å². The van der Waals surface area contributed by atoms with Crippen molar-refractivity contribution in [2.24, 2.45) is 0 Å². The highest BCUT2D eigenvalue weighted by Crippen LogP contribution is 2.28. The quantitative estimate of drug-likeness (QED) is 0.294. The van der Waals surface area contributed by atoms with Gasteiger partial charge in [-0.05, 0) is 69.4 Å². The van der Waals surface area contributed by atoms with Gasteiger partial charge in [0.05, 0.1) is 10.6 Å². The van der Waals surface area contributed by atoms with E-state index in [1.807, 2.05) is 64.1 Å². The summed E-state index contributed by atoms with van der Waals surface area (Å²) in [6, 6.07) is 21.0. The Labute approximate surface area is 251 Å². The number of amides is 2.